The lowest BCUT2D eigenvalue weighted by Crippen LogP contribution is -2.31. The molecule has 2 aromatic heterocycles. The van der Waals surface area contributed by atoms with E-state index in [1.807, 2.05) is 53.3 Å². The topological polar surface area (TPSA) is 92.9 Å². The molecule has 0 unspecified atom stereocenters. The highest BCUT2D eigenvalue weighted by atomic mass is 16.5. The lowest BCUT2D eigenvalue weighted by Gasteiger charge is -2.28. The van der Waals surface area contributed by atoms with Crippen LogP contribution in [-0.2, 0) is 4.74 Å². The van der Waals surface area contributed by atoms with Crippen LogP contribution in [0, 0.1) is 0 Å². The molecule has 10 heteroatoms. The van der Waals surface area contributed by atoms with E-state index >= 15 is 0 Å². The number of anilines is 4. The zero-order valence-electron chi connectivity index (χ0n) is 20.0. The molecule has 1 aromatic carbocycles. The molecular weight excluding hydrogens is 432 g/mol. The van der Waals surface area contributed by atoms with Crippen LogP contribution in [0.5, 0.6) is 5.75 Å². The largest absolute Gasteiger partial charge is 0.491 e. The summed E-state index contributed by atoms with van der Waals surface area (Å²) in [7, 11) is 5.74. The van der Waals surface area contributed by atoms with Gasteiger partial charge in [-0.2, -0.15) is 10.1 Å². The molecule has 3 heterocycles. The minimum absolute atomic E-state index is 0.420. The molecule has 4 rings (SSSR count). The van der Waals surface area contributed by atoms with E-state index in [0.717, 1.165) is 43.1 Å². The first kappa shape index (κ1) is 23.7. The van der Waals surface area contributed by atoms with Crippen molar-refractivity contribution in [1.82, 2.24) is 24.6 Å². The fourth-order valence-electron chi connectivity index (χ4n) is 3.91. The third-order valence-electron chi connectivity index (χ3n) is 5.94. The van der Waals surface area contributed by atoms with E-state index in [4.69, 9.17) is 14.5 Å². The Labute approximate surface area is 200 Å². The normalized spacial score (nSPS) is 14.7. The van der Waals surface area contributed by atoms with Gasteiger partial charge in [-0.3, -0.25) is 9.67 Å². The van der Waals surface area contributed by atoms with E-state index in [2.05, 4.69) is 39.1 Å². The van der Waals surface area contributed by atoms with E-state index < -0.39 is 0 Å². The number of aliphatic imine (C=N–C) groups is 1. The number of methoxy groups -OCH3 is 1. The summed E-state index contributed by atoms with van der Waals surface area (Å²) in [6.07, 6.45) is 7.69. The van der Waals surface area contributed by atoms with Crippen LogP contribution in [0.3, 0.4) is 0 Å². The summed E-state index contributed by atoms with van der Waals surface area (Å²) in [4.78, 5) is 17.5. The van der Waals surface area contributed by atoms with Crippen LogP contribution in [0.1, 0.15) is 18.9 Å². The van der Waals surface area contributed by atoms with Crippen molar-refractivity contribution >= 4 is 35.5 Å². The second-order valence-electron chi connectivity index (χ2n) is 8.32. The maximum Gasteiger partial charge on any atom is 0.229 e. The van der Waals surface area contributed by atoms with E-state index in [1.54, 1.807) is 13.3 Å². The number of benzene rings is 1. The summed E-state index contributed by atoms with van der Waals surface area (Å²) in [6, 6.07) is 8.19. The van der Waals surface area contributed by atoms with Gasteiger partial charge in [-0.15, -0.1) is 0 Å². The zero-order chi connectivity index (χ0) is 23.9. The smallest absolute Gasteiger partial charge is 0.229 e. The number of nitrogens with zero attached hydrogens (tertiary/aromatic N) is 7. The Bertz CT molecular complexity index is 1080. The molecule has 0 saturated carbocycles. The fourth-order valence-corrected chi connectivity index (χ4v) is 3.91. The van der Waals surface area contributed by atoms with Crippen LogP contribution in [0.25, 0.3) is 0 Å². The van der Waals surface area contributed by atoms with Gasteiger partial charge in [-0.05, 0) is 64.0 Å². The van der Waals surface area contributed by atoms with E-state index in [-0.39, 0.29) is 0 Å². The Balaban J connectivity index is 1.47. The molecule has 3 aromatic rings. The van der Waals surface area contributed by atoms with Gasteiger partial charge in [0, 0.05) is 26.0 Å². The third-order valence-corrected chi connectivity index (χ3v) is 5.94. The molecule has 180 valence electrons. The highest BCUT2D eigenvalue weighted by Crippen LogP contribution is 2.32. The maximum absolute atomic E-state index is 5.65. The number of piperidine rings is 1. The van der Waals surface area contributed by atoms with Gasteiger partial charge in [0.15, 0.2) is 5.82 Å². The van der Waals surface area contributed by atoms with Gasteiger partial charge < -0.3 is 24.6 Å². The van der Waals surface area contributed by atoms with E-state index in [9.17, 15) is 0 Å². The van der Waals surface area contributed by atoms with Crippen LogP contribution in [0.2, 0.25) is 0 Å². The molecule has 0 bridgehead atoms. The van der Waals surface area contributed by atoms with Gasteiger partial charge in [-0.1, -0.05) is 0 Å². The first-order valence-electron chi connectivity index (χ1n) is 11.4. The Morgan fingerprint density at radius 2 is 1.94 bits per heavy atom. The van der Waals surface area contributed by atoms with Gasteiger partial charge >= 0.3 is 0 Å². The summed E-state index contributed by atoms with van der Waals surface area (Å²) in [5, 5.41) is 7.83. The summed E-state index contributed by atoms with van der Waals surface area (Å²) in [5.41, 5.74) is 2.38. The monoisotopic (exact) mass is 464 g/mol. The highest BCUT2D eigenvalue weighted by Gasteiger charge is 2.19. The number of rotatable bonds is 10. The minimum Gasteiger partial charge on any atom is -0.491 e. The number of likely N-dealkylation sites (tertiary alicyclic amines) is 1. The second-order valence-corrected chi connectivity index (χ2v) is 8.32. The minimum atomic E-state index is 0.420. The number of hydrogen-bond donors (Lipinski definition) is 1. The Morgan fingerprint density at radius 3 is 2.65 bits per heavy atom. The van der Waals surface area contributed by atoms with Crippen LogP contribution >= 0.6 is 0 Å². The predicted octanol–water partition coefficient (Wildman–Crippen LogP) is 3.81. The molecule has 1 saturated heterocycles. The lowest BCUT2D eigenvalue weighted by molar-refractivity contribution is 0.146. The van der Waals surface area contributed by atoms with E-state index in [0.29, 0.717) is 36.7 Å². The summed E-state index contributed by atoms with van der Waals surface area (Å²) < 4.78 is 12.7. The molecule has 0 radical (unpaired) electrons. The zero-order valence-corrected chi connectivity index (χ0v) is 20.0. The Hall–Kier alpha value is -3.50. The molecule has 1 fully saturated rings. The Kier molecular flexibility index (Phi) is 7.71. The van der Waals surface area contributed by atoms with Crippen LogP contribution < -0.4 is 15.0 Å². The van der Waals surface area contributed by atoms with Crippen LogP contribution in [0.4, 0.5) is 28.8 Å². The number of nitrogens with one attached hydrogen (secondary N) is 1. The molecular formula is C24H32N8O2. The summed E-state index contributed by atoms with van der Waals surface area (Å²) >= 11 is 0. The van der Waals surface area contributed by atoms with Gasteiger partial charge in [-0.25, -0.2) is 4.98 Å². The van der Waals surface area contributed by atoms with Crippen LogP contribution in [-0.4, -0.2) is 78.9 Å². The summed E-state index contributed by atoms with van der Waals surface area (Å²) in [5.74, 6) is 1.89. The summed E-state index contributed by atoms with van der Waals surface area (Å²) in [6.45, 7) is 6.89. The standard InChI is InChI=1S/C24H32N8O2/c1-25-22-16-26-24(28-18-15-27-32(17-18)20-9-11-30(2)12-10-20)29-23(22)31(3)19-5-7-21(8-6-19)34-14-13-33-4/h5-8,15-17,20H,1,9-14H2,2-4H3,(H,26,28,29). The maximum atomic E-state index is 5.65. The molecule has 0 aliphatic carbocycles. The van der Waals surface area contributed by atoms with Gasteiger partial charge in [0.05, 0.1) is 30.7 Å². The lowest BCUT2D eigenvalue weighted by atomic mass is 10.1. The van der Waals surface area contributed by atoms with Crippen molar-refractivity contribution in [2.45, 2.75) is 18.9 Å². The van der Waals surface area contributed by atoms with Crippen molar-refractivity contribution in [3.63, 3.8) is 0 Å². The number of ether oxygens (including phenoxy) is 2. The molecule has 0 atom stereocenters. The third kappa shape index (κ3) is 5.70. The van der Waals surface area contributed by atoms with Crippen molar-refractivity contribution in [3.05, 3.63) is 42.9 Å². The molecule has 1 N–H and O–H groups in total. The quantitative estimate of drug-likeness (QED) is 0.358. The van der Waals surface area contributed by atoms with Crippen molar-refractivity contribution in [1.29, 1.82) is 0 Å². The number of aromatic nitrogens is 4. The second kappa shape index (κ2) is 11.1. The molecule has 0 spiro atoms. The molecule has 34 heavy (non-hydrogen) atoms. The first-order chi connectivity index (χ1) is 16.6. The van der Waals surface area contributed by atoms with Crippen molar-refractivity contribution in [3.8, 4) is 5.75 Å². The highest BCUT2D eigenvalue weighted by molar-refractivity contribution is 5.72. The van der Waals surface area contributed by atoms with Crippen LogP contribution in [0.15, 0.2) is 47.8 Å². The average molecular weight is 465 g/mol. The predicted molar refractivity (Wildman–Crippen MR) is 134 cm³/mol. The fraction of sp³-hybridized carbons (Fsp3) is 0.417. The van der Waals surface area contributed by atoms with Gasteiger partial charge in [0.25, 0.3) is 0 Å². The molecule has 10 nitrogen and oxygen atoms in total. The Morgan fingerprint density at radius 1 is 1.18 bits per heavy atom. The SMILES string of the molecule is C=Nc1cnc(Nc2cnn(C3CCN(C)CC3)c2)nc1N(C)c1ccc(OCCOC)cc1. The molecule has 1 aliphatic rings. The first-order valence-corrected chi connectivity index (χ1v) is 11.4. The van der Waals surface area contributed by atoms with Crippen molar-refractivity contribution in [2.24, 2.45) is 4.99 Å². The van der Waals surface area contributed by atoms with Crippen molar-refractivity contribution < 1.29 is 9.47 Å². The van der Waals surface area contributed by atoms with Gasteiger partial charge in [0.2, 0.25) is 5.95 Å². The number of hydrogen-bond acceptors (Lipinski definition) is 9. The molecule has 0 amide bonds. The molecule has 1 aliphatic heterocycles. The van der Waals surface area contributed by atoms with Crippen molar-refractivity contribution in [2.75, 3.05) is 57.7 Å². The van der Waals surface area contributed by atoms with E-state index in [1.165, 1.54) is 0 Å². The van der Waals surface area contributed by atoms with Gasteiger partial charge in [0.1, 0.15) is 18.0 Å². The average Bonchev–Trinajstić information content (AvgIpc) is 3.33.